The molecule has 1 fully saturated rings. The number of aromatic nitrogens is 2. The lowest BCUT2D eigenvalue weighted by Gasteiger charge is -2.34. The Morgan fingerprint density at radius 2 is 1.82 bits per heavy atom. The lowest BCUT2D eigenvalue weighted by molar-refractivity contribution is 0.0650. The number of carbonyl (C=O) groups excluding carboxylic acids is 1. The van der Waals surface area contributed by atoms with Crippen LogP contribution in [-0.2, 0) is 0 Å². The van der Waals surface area contributed by atoms with Crippen molar-refractivity contribution in [2.45, 2.75) is 0 Å². The Balaban J connectivity index is 1.32. The van der Waals surface area contributed by atoms with Crippen LogP contribution in [0.1, 0.15) is 15.9 Å². The van der Waals surface area contributed by atoms with E-state index in [0.717, 1.165) is 49.5 Å². The molecule has 1 aromatic heterocycles. The van der Waals surface area contributed by atoms with Crippen LogP contribution >= 0.6 is 0 Å². The molecular formula is C23H24N4O. The molecular weight excluding hydrogens is 348 g/mol. The van der Waals surface area contributed by atoms with E-state index in [1.54, 1.807) is 6.20 Å². The van der Waals surface area contributed by atoms with Gasteiger partial charge in [0.25, 0.3) is 5.91 Å². The predicted octanol–water partition coefficient (Wildman–Crippen LogP) is 3.55. The molecule has 2 aromatic carbocycles. The van der Waals surface area contributed by atoms with Crippen molar-refractivity contribution in [3.8, 4) is 11.3 Å². The molecule has 0 aliphatic carbocycles. The fourth-order valence-electron chi connectivity index (χ4n) is 3.45. The van der Waals surface area contributed by atoms with Crippen LogP contribution in [0.25, 0.3) is 17.3 Å². The summed E-state index contributed by atoms with van der Waals surface area (Å²) in [7, 11) is 0. The third-order valence-electron chi connectivity index (χ3n) is 5.05. The maximum absolute atomic E-state index is 12.9. The van der Waals surface area contributed by atoms with E-state index in [-0.39, 0.29) is 5.91 Å². The molecule has 0 spiro atoms. The Hall–Kier alpha value is -3.18. The summed E-state index contributed by atoms with van der Waals surface area (Å²) >= 11 is 0. The molecule has 1 aliphatic rings. The van der Waals surface area contributed by atoms with Gasteiger partial charge in [-0.1, -0.05) is 54.6 Å². The molecule has 4 rings (SSSR count). The molecule has 0 radical (unpaired) electrons. The van der Waals surface area contributed by atoms with Gasteiger partial charge in [-0.3, -0.25) is 14.8 Å². The summed E-state index contributed by atoms with van der Waals surface area (Å²) in [5.74, 6) is 0.0980. The van der Waals surface area contributed by atoms with E-state index in [1.807, 2.05) is 53.4 Å². The second-order valence-electron chi connectivity index (χ2n) is 6.96. The smallest absolute Gasteiger partial charge is 0.253 e. The number of nitrogens with one attached hydrogen (secondary N) is 1. The van der Waals surface area contributed by atoms with E-state index < -0.39 is 0 Å². The predicted molar refractivity (Wildman–Crippen MR) is 112 cm³/mol. The zero-order valence-corrected chi connectivity index (χ0v) is 15.8. The minimum Gasteiger partial charge on any atom is -0.336 e. The average Bonchev–Trinajstić information content (AvgIpc) is 3.30. The molecule has 28 heavy (non-hydrogen) atoms. The summed E-state index contributed by atoms with van der Waals surface area (Å²) in [6, 6.07) is 20.0. The quantitative estimate of drug-likeness (QED) is 0.745. The largest absolute Gasteiger partial charge is 0.336 e. The molecule has 1 saturated heterocycles. The molecule has 5 nitrogen and oxygen atoms in total. The highest BCUT2D eigenvalue weighted by atomic mass is 16.2. The van der Waals surface area contributed by atoms with E-state index in [0.29, 0.717) is 0 Å². The van der Waals surface area contributed by atoms with Crippen molar-refractivity contribution in [1.29, 1.82) is 0 Å². The summed E-state index contributed by atoms with van der Waals surface area (Å²) < 4.78 is 0. The van der Waals surface area contributed by atoms with Gasteiger partial charge in [0.05, 0.1) is 5.69 Å². The van der Waals surface area contributed by atoms with Crippen LogP contribution in [0.3, 0.4) is 0 Å². The Morgan fingerprint density at radius 3 is 2.57 bits per heavy atom. The Labute approximate surface area is 165 Å². The molecule has 0 saturated carbocycles. The van der Waals surface area contributed by atoms with Gasteiger partial charge >= 0.3 is 0 Å². The fraction of sp³-hybridized carbons (Fsp3) is 0.217. The maximum Gasteiger partial charge on any atom is 0.253 e. The number of carbonyl (C=O) groups is 1. The van der Waals surface area contributed by atoms with Crippen molar-refractivity contribution >= 4 is 12.0 Å². The van der Waals surface area contributed by atoms with E-state index >= 15 is 0 Å². The molecule has 0 unspecified atom stereocenters. The van der Waals surface area contributed by atoms with Gasteiger partial charge < -0.3 is 4.90 Å². The molecule has 1 N–H and O–H groups in total. The zero-order chi connectivity index (χ0) is 19.2. The lowest BCUT2D eigenvalue weighted by Crippen LogP contribution is -2.48. The summed E-state index contributed by atoms with van der Waals surface area (Å²) in [5, 5.41) is 6.93. The van der Waals surface area contributed by atoms with Crippen molar-refractivity contribution in [3.05, 3.63) is 84.1 Å². The minimum absolute atomic E-state index is 0.0980. The standard InChI is InChI=1S/C23H24N4O/c28-23(21-10-4-9-20(18-21)22-11-12-24-25-22)27-16-14-26(15-17-27)13-5-8-19-6-2-1-3-7-19/h1-12,18H,13-17H2,(H,24,25)/b8-5+. The van der Waals surface area contributed by atoms with Crippen LogP contribution in [0.2, 0.25) is 0 Å². The number of H-pyrrole nitrogens is 1. The number of hydrogen-bond donors (Lipinski definition) is 1. The SMILES string of the molecule is O=C(c1cccc(-c2ccn[nH]2)c1)N1CCN(C/C=C/c2ccccc2)CC1. The van der Waals surface area contributed by atoms with Gasteiger partial charge in [-0.2, -0.15) is 5.10 Å². The minimum atomic E-state index is 0.0980. The number of piperazine rings is 1. The summed E-state index contributed by atoms with van der Waals surface area (Å²) in [5.41, 5.74) is 3.84. The molecule has 1 aliphatic heterocycles. The summed E-state index contributed by atoms with van der Waals surface area (Å²) in [4.78, 5) is 17.2. The van der Waals surface area contributed by atoms with Gasteiger partial charge in [0.1, 0.15) is 0 Å². The highest BCUT2D eigenvalue weighted by Gasteiger charge is 2.21. The third-order valence-corrected chi connectivity index (χ3v) is 5.05. The van der Waals surface area contributed by atoms with Gasteiger partial charge in [0, 0.05) is 50.0 Å². The van der Waals surface area contributed by atoms with Crippen molar-refractivity contribution in [2.24, 2.45) is 0 Å². The monoisotopic (exact) mass is 372 g/mol. The Kier molecular flexibility index (Phi) is 5.64. The lowest BCUT2D eigenvalue weighted by atomic mass is 10.1. The first-order valence-corrected chi connectivity index (χ1v) is 9.62. The van der Waals surface area contributed by atoms with Gasteiger partial charge in [-0.25, -0.2) is 0 Å². The summed E-state index contributed by atoms with van der Waals surface area (Å²) in [6.07, 6.45) is 6.06. The Morgan fingerprint density at radius 1 is 1.00 bits per heavy atom. The van der Waals surface area contributed by atoms with E-state index in [2.05, 4.69) is 39.4 Å². The normalized spacial score (nSPS) is 15.2. The van der Waals surface area contributed by atoms with Crippen LogP contribution in [0, 0.1) is 0 Å². The molecule has 1 amide bonds. The average molecular weight is 372 g/mol. The number of amides is 1. The van der Waals surface area contributed by atoms with Gasteiger partial charge in [-0.05, 0) is 23.8 Å². The molecule has 142 valence electrons. The van der Waals surface area contributed by atoms with E-state index in [1.165, 1.54) is 5.56 Å². The number of benzene rings is 2. The Bertz CT molecular complexity index is 926. The highest BCUT2D eigenvalue weighted by molar-refractivity contribution is 5.95. The van der Waals surface area contributed by atoms with Crippen LogP contribution in [0.5, 0.6) is 0 Å². The van der Waals surface area contributed by atoms with Crippen molar-refractivity contribution in [3.63, 3.8) is 0 Å². The zero-order valence-electron chi connectivity index (χ0n) is 15.8. The van der Waals surface area contributed by atoms with Crippen LogP contribution in [0.4, 0.5) is 0 Å². The van der Waals surface area contributed by atoms with Crippen LogP contribution in [-0.4, -0.2) is 58.6 Å². The number of nitrogens with zero attached hydrogens (tertiary/aromatic N) is 3. The van der Waals surface area contributed by atoms with Crippen LogP contribution in [0.15, 0.2) is 72.9 Å². The summed E-state index contributed by atoms with van der Waals surface area (Å²) in [6.45, 7) is 4.21. The van der Waals surface area contributed by atoms with Crippen LogP contribution < -0.4 is 0 Å². The molecule has 0 bridgehead atoms. The van der Waals surface area contributed by atoms with E-state index in [4.69, 9.17) is 0 Å². The first kappa shape index (κ1) is 18.2. The third kappa shape index (κ3) is 4.38. The first-order valence-electron chi connectivity index (χ1n) is 9.62. The topological polar surface area (TPSA) is 52.2 Å². The number of hydrogen-bond acceptors (Lipinski definition) is 3. The van der Waals surface area contributed by atoms with E-state index in [9.17, 15) is 4.79 Å². The van der Waals surface area contributed by atoms with Gasteiger partial charge in [-0.15, -0.1) is 0 Å². The molecule has 2 heterocycles. The molecule has 0 atom stereocenters. The second kappa shape index (κ2) is 8.67. The molecule has 5 heteroatoms. The highest BCUT2D eigenvalue weighted by Crippen LogP contribution is 2.19. The first-order chi connectivity index (χ1) is 13.8. The van der Waals surface area contributed by atoms with Crippen molar-refractivity contribution < 1.29 is 4.79 Å². The van der Waals surface area contributed by atoms with Crippen molar-refractivity contribution in [1.82, 2.24) is 20.0 Å². The fourth-order valence-corrected chi connectivity index (χ4v) is 3.45. The number of rotatable bonds is 5. The molecule has 3 aromatic rings. The second-order valence-corrected chi connectivity index (χ2v) is 6.96. The van der Waals surface area contributed by atoms with Crippen molar-refractivity contribution in [2.75, 3.05) is 32.7 Å². The van der Waals surface area contributed by atoms with Gasteiger partial charge in [0.2, 0.25) is 0 Å². The van der Waals surface area contributed by atoms with Gasteiger partial charge in [0.15, 0.2) is 0 Å². The number of aromatic amines is 1. The maximum atomic E-state index is 12.9.